The van der Waals surface area contributed by atoms with Crippen LogP contribution in [0.1, 0.15) is 11.0 Å². The molecule has 0 aliphatic heterocycles. The summed E-state index contributed by atoms with van der Waals surface area (Å²) < 4.78 is 0.589. The van der Waals surface area contributed by atoms with E-state index in [2.05, 4.69) is 15.6 Å². The molecule has 2 rings (SSSR count). The summed E-state index contributed by atoms with van der Waals surface area (Å²) in [7, 11) is 0. The molecule has 0 aliphatic rings. The highest BCUT2D eigenvalue weighted by Gasteiger charge is 2.12. The van der Waals surface area contributed by atoms with Crippen LogP contribution >= 0.6 is 34.5 Å². The van der Waals surface area contributed by atoms with E-state index in [1.54, 1.807) is 24.3 Å². The fraction of sp³-hybridized carbons (Fsp3) is 0.167. The number of nitrogens with one attached hydrogen (secondary N) is 2. The largest absolute Gasteiger partial charge is 0.386 e. The van der Waals surface area contributed by atoms with E-state index in [0.29, 0.717) is 14.9 Å². The Labute approximate surface area is 129 Å². The number of aliphatic hydroxyl groups excluding tert-OH is 1. The third-order valence-electron chi connectivity index (χ3n) is 2.39. The van der Waals surface area contributed by atoms with Crippen LogP contribution < -0.4 is 10.6 Å². The number of amides is 2. The Hall–Kier alpha value is -1.34. The lowest BCUT2D eigenvalue weighted by atomic mass is 10.3. The molecule has 0 aliphatic carbocycles. The fourth-order valence-electron chi connectivity index (χ4n) is 1.44. The Morgan fingerprint density at radius 1 is 1.40 bits per heavy atom. The van der Waals surface area contributed by atoms with Gasteiger partial charge in [0.25, 0.3) is 0 Å². The van der Waals surface area contributed by atoms with Crippen molar-refractivity contribution in [2.45, 2.75) is 6.10 Å². The van der Waals surface area contributed by atoms with Crippen molar-refractivity contribution in [2.75, 3.05) is 11.9 Å². The number of aliphatic hydroxyl groups is 1. The Morgan fingerprint density at radius 3 is 2.85 bits per heavy atom. The number of pyridine rings is 1. The highest BCUT2D eigenvalue weighted by molar-refractivity contribution is 7.16. The normalized spacial score (nSPS) is 11.9. The first-order chi connectivity index (χ1) is 9.56. The highest BCUT2D eigenvalue weighted by Crippen LogP contribution is 2.26. The predicted molar refractivity (Wildman–Crippen MR) is 80.6 cm³/mol. The molecule has 8 heteroatoms. The molecule has 2 aromatic heterocycles. The molecule has 0 aromatic carbocycles. The molecule has 0 saturated carbocycles. The molecule has 0 fully saturated rings. The van der Waals surface area contributed by atoms with Gasteiger partial charge in [0.05, 0.1) is 16.6 Å². The molecule has 2 heterocycles. The number of aromatic nitrogens is 1. The summed E-state index contributed by atoms with van der Waals surface area (Å²) >= 11 is 12.9. The van der Waals surface area contributed by atoms with Gasteiger partial charge in [0.15, 0.2) is 5.15 Å². The second kappa shape index (κ2) is 6.90. The van der Waals surface area contributed by atoms with Gasteiger partial charge in [-0.25, -0.2) is 9.78 Å². The first-order valence-electron chi connectivity index (χ1n) is 5.65. The van der Waals surface area contributed by atoms with Crippen molar-refractivity contribution < 1.29 is 9.90 Å². The lowest BCUT2D eigenvalue weighted by Gasteiger charge is -2.11. The fourth-order valence-corrected chi connectivity index (χ4v) is 2.66. The number of nitrogens with zero attached hydrogens (tertiary/aromatic N) is 1. The van der Waals surface area contributed by atoms with E-state index in [0.717, 1.165) is 0 Å². The zero-order valence-electron chi connectivity index (χ0n) is 10.1. The Morgan fingerprint density at radius 2 is 2.20 bits per heavy atom. The summed E-state index contributed by atoms with van der Waals surface area (Å²) in [5, 5.41) is 15.2. The van der Waals surface area contributed by atoms with Crippen molar-refractivity contribution in [3.05, 3.63) is 44.8 Å². The van der Waals surface area contributed by atoms with Crippen molar-refractivity contribution in [2.24, 2.45) is 0 Å². The van der Waals surface area contributed by atoms with Gasteiger partial charge >= 0.3 is 6.03 Å². The average molecular weight is 332 g/mol. The lowest BCUT2D eigenvalue weighted by molar-refractivity contribution is 0.178. The SMILES string of the molecule is O=C(NC[C@H](O)c1ccc(Cl)s1)Nc1cccnc1Cl. The number of carbonyl (C=O) groups is 1. The van der Waals surface area contributed by atoms with Crippen molar-refractivity contribution in [3.8, 4) is 0 Å². The van der Waals surface area contributed by atoms with E-state index >= 15 is 0 Å². The molecule has 0 saturated heterocycles. The maximum absolute atomic E-state index is 11.7. The third kappa shape index (κ3) is 4.08. The zero-order chi connectivity index (χ0) is 14.5. The van der Waals surface area contributed by atoms with Crippen molar-refractivity contribution in [3.63, 3.8) is 0 Å². The van der Waals surface area contributed by atoms with Crippen LogP contribution in [0.15, 0.2) is 30.5 Å². The van der Waals surface area contributed by atoms with E-state index in [-0.39, 0.29) is 11.7 Å². The minimum atomic E-state index is -0.803. The molecule has 106 valence electrons. The number of rotatable bonds is 4. The van der Waals surface area contributed by atoms with Crippen LogP contribution in [-0.4, -0.2) is 22.7 Å². The Balaban J connectivity index is 1.85. The number of anilines is 1. The molecule has 0 unspecified atom stereocenters. The van der Waals surface area contributed by atoms with E-state index in [1.165, 1.54) is 17.5 Å². The minimum absolute atomic E-state index is 0.0700. The number of halogens is 2. The molecule has 1 atom stereocenters. The summed E-state index contributed by atoms with van der Waals surface area (Å²) in [5.41, 5.74) is 0.403. The number of carbonyl (C=O) groups excluding carboxylic acids is 1. The standard InChI is InChI=1S/C12H11Cl2N3O2S/c13-10-4-3-9(20-10)8(18)6-16-12(19)17-7-2-1-5-15-11(7)14/h1-5,8,18H,6H2,(H2,16,17,19)/t8-/m0/s1. The van der Waals surface area contributed by atoms with Crippen molar-refractivity contribution in [1.29, 1.82) is 0 Å². The molecule has 0 spiro atoms. The number of urea groups is 1. The van der Waals surface area contributed by atoms with Gasteiger partial charge in [-0.2, -0.15) is 0 Å². The minimum Gasteiger partial charge on any atom is -0.386 e. The van der Waals surface area contributed by atoms with Crippen LogP contribution in [0.5, 0.6) is 0 Å². The summed E-state index contributed by atoms with van der Waals surface area (Å²) in [4.78, 5) is 16.2. The highest BCUT2D eigenvalue weighted by atomic mass is 35.5. The van der Waals surface area contributed by atoms with Crippen LogP contribution in [0.25, 0.3) is 0 Å². The van der Waals surface area contributed by atoms with Gasteiger partial charge in [0, 0.05) is 11.1 Å². The van der Waals surface area contributed by atoms with E-state index < -0.39 is 12.1 Å². The summed E-state index contributed by atoms with van der Waals surface area (Å²) in [6.07, 6.45) is 0.720. The van der Waals surface area contributed by atoms with Crippen LogP contribution in [-0.2, 0) is 0 Å². The van der Waals surface area contributed by atoms with Crippen LogP contribution in [0, 0.1) is 0 Å². The maximum Gasteiger partial charge on any atom is 0.319 e. The number of hydrogen-bond acceptors (Lipinski definition) is 4. The molecular formula is C12H11Cl2N3O2S. The van der Waals surface area contributed by atoms with Crippen molar-refractivity contribution >= 4 is 46.3 Å². The van der Waals surface area contributed by atoms with Crippen molar-refractivity contribution in [1.82, 2.24) is 10.3 Å². The monoisotopic (exact) mass is 331 g/mol. The molecule has 0 radical (unpaired) electrons. The Kier molecular flexibility index (Phi) is 5.19. The first kappa shape index (κ1) is 15.1. The third-order valence-corrected chi connectivity index (χ3v) is 4.02. The second-order valence-electron chi connectivity index (χ2n) is 3.83. The molecule has 2 aromatic rings. The summed E-state index contributed by atoms with van der Waals surface area (Å²) in [5.74, 6) is 0. The number of hydrogen-bond donors (Lipinski definition) is 3. The molecule has 2 amide bonds. The summed E-state index contributed by atoms with van der Waals surface area (Å²) in [6, 6.07) is 6.23. The zero-order valence-corrected chi connectivity index (χ0v) is 12.5. The van der Waals surface area contributed by atoms with Gasteiger partial charge in [-0.05, 0) is 24.3 Å². The van der Waals surface area contributed by atoms with Gasteiger partial charge in [-0.1, -0.05) is 23.2 Å². The molecule has 20 heavy (non-hydrogen) atoms. The topological polar surface area (TPSA) is 74.2 Å². The van der Waals surface area contributed by atoms with Gasteiger partial charge in [-0.3, -0.25) is 0 Å². The molecule has 0 bridgehead atoms. The quantitative estimate of drug-likeness (QED) is 0.752. The van der Waals surface area contributed by atoms with Gasteiger partial charge < -0.3 is 15.7 Å². The molecular weight excluding hydrogens is 321 g/mol. The maximum atomic E-state index is 11.7. The average Bonchev–Trinajstić information content (AvgIpc) is 2.85. The van der Waals surface area contributed by atoms with E-state index in [4.69, 9.17) is 23.2 Å². The lowest BCUT2D eigenvalue weighted by Crippen LogP contribution is -2.32. The molecule has 5 nitrogen and oxygen atoms in total. The van der Waals surface area contributed by atoms with Crippen LogP contribution in [0.3, 0.4) is 0 Å². The first-order valence-corrected chi connectivity index (χ1v) is 7.22. The van der Waals surface area contributed by atoms with E-state index in [9.17, 15) is 9.90 Å². The number of thiophene rings is 1. The van der Waals surface area contributed by atoms with Gasteiger partial charge in [0.2, 0.25) is 0 Å². The van der Waals surface area contributed by atoms with Gasteiger partial charge in [0.1, 0.15) is 6.10 Å². The summed E-state index contributed by atoms with van der Waals surface area (Å²) in [6.45, 7) is 0.0700. The Bertz CT molecular complexity index is 606. The molecule has 3 N–H and O–H groups in total. The second-order valence-corrected chi connectivity index (χ2v) is 5.94. The predicted octanol–water partition coefficient (Wildman–Crippen LogP) is 3.31. The van der Waals surface area contributed by atoms with Crippen LogP contribution in [0.4, 0.5) is 10.5 Å². The van der Waals surface area contributed by atoms with E-state index in [1.807, 2.05) is 0 Å². The smallest absolute Gasteiger partial charge is 0.319 e. The van der Waals surface area contributed by atoms with Crippen LogP contribution in [0.2, 0.25) is 9.49 Å². The van der Waals surface area contributed by atoms with Gasteiger partial charge in [-0.15, -0.1) is 11.3 Å².